The number of aromatic nitrogens is 2. The normalized spacial score (nSPS) is 11.6. The highest BCUT2D eigenvalue weighted by Crippen LogP contribution is 2.28. The highest BCUT2D eigenvalue weighted by atomic mass is 35.5. The van der Waals surface area contributed by atoms with E-state index in [2.05, 4.69) is 14.7 Å². The van der Waals surface area contributed by atoms with Crippen LogP contribution in [0.2, 0.25) is 10.0 Å². The molecule has 130 valence electrons. The number of benzene rings is 1. The van der Waals surface area contributed by atoms with Crippen molar-refractivity contribution in [3.63, 3.8) is 0 Å². The standard InChI is InChI=1S/C15H18Cl2N4O2S/c1-9-5-13(12(17)7-11(9)16)24(22,23)18-8-14-19-10(2)6-15(20-14)21(3)4/h5-7,18H,8H2,1-4H3. The molecule has 0 aliphatic heterocycles. The first kappa shape index (κ1) is 18.9. The summed E-state index contributed by atoms with van der Waals surface area (Å²) in [5.41, 5.74) is 1.38. The molecule has 9 heteroatoms. The summed E-state index contributed by atoms with van der Waals surface area (Å²) in [4.78, 5) is 10.4. The predicted octanol–water partition coefficient (Wildman–Crippen LogP) is 2.94. The van der Waals surface area contributed by atoms with E-state index in [1.807, 2.05) is 32.0 Å². The molecule has 0 aliphatic rings. The Morgan fingerprint density at radius 2 is 1.75 bits per heavy atom. The van der Waals surface area contributed by atoms with Gasteiger partial charge in [-0.15, -0.1) is 0 Å². The highest BCUT2D eigenvalue weighted by Gasteiger charge is 2.20. The Morgan fingerprint density at radius 1 is 1.08 bits per heavy atom. The molecular weight excluding hydrogens is 371 g/mol. The largest absolute Gasteiger partial charge is 0.363 e. The molecule has 0 aliphatic carbocycles. The van der Waals surface area contributed by atoms with Gasteiger partial charge in [0.1, 0.15) is 16.5 Å². The highest BCUT2D eigenvalue weighted by molar-refractivity contribution is 7.89. The van der Waals surface area contributed by atoms with E-state index in [4.69, 9.17) is 23.2 Å². The first-order valence-electron chi connectivity index (χ1n) is 7.07. The molecule has 1 heterocycles. The average Bonchev–Trinajstić information content (AvgIpc) is 2.48. The van der Waals surface area contributed by atoms with Crippen LogP contribution in [-0.2, 0) is 16.6 Å². The average molecular weight is 389 g/mol. The Bertz CT molecular complexity index is 870. The molecule has 0 saturated heterocycles. The summed E-state index contributed by atoms with van der Waals surface area (Å²) >= 11 is 12.0. The van der Waals surface area contributed by atoms with Crippen molar-refractivity contribution in [2.24, 2.45) is 0 Å². The van der Waals surface area contributed by atoms with E-state index in [-0.39, 0.29) is 16.5 Å². The van der Waals surface area contributed by atoms with Gasteiger partial charge in [-0.3, -0.25) is 0 Å². The third-order valence-electron chi connectivity index (χ3n) is 3.27. The van der Waals surface area contributed by atoms with Crippen molar-refractivity contribution in [3.05, 3.63) is 45.3 Å². The number of nitrogens with one attached hydrogen (secondary N) is 1. The minimum absolute atomic E-state index is 0.0217. The van der Waals surface area contributed by atoms with Crippen LogP contribution >= 0.6 is 23.2 Å². The maximum absolute atomic E-state index is 12.5. The Hall–Kier alpha value is -1.41. The monoisotopic (exact) mass is 388 g/mol. The van der Waals surface area contributed by atoms with Gasteiger partial charge in [-0.2, -0.15) is 0 Å². The molecule has 0 atom stereocenters. The van der Waals surface area contributed by atoms with Gasteiger partial charge in [-0.1, -0.05) is 23.2 Å². The fourth-order valence-electron chi connectivity index (χ4n) is 1.99. The maximum Gasteiger partial charge on any atom is 0.242 e. The van der Waals surface area contributed by atoms with Crippen LogP contribution in [0.1, 0.15) is 17.1 Å². The summed E-state index contributed by atoms with van der Waals surface area (Å²) in [6.07, 6.45) is 0. The van der Waals surface area contributed by atoms with Crippen molar-refractivity contribution in [1.82, 2.24) is 14.7 Å². The molecule has 2 aromatic rings. The van der Waals surface area contributed by atoms with Gasteiger partial charge in [0, 0.05) is 30.9 Å². The lowest BCUT2D eigenvalue weighted by Gasteiger charge is -2.14. The number of sulfonamides is 1. The van der Waals surface area contributed by atoms with E-state index < -0.39 is 10.0 Å². The molecule has 1 aromatic carbocycles. The van der Waals surface area contributed by atoms with Gasteiger partial charge in [0.2, 0.25) is 10.0 Å². The zero-order valence-corrected chi connectivity index (χ0v) is 16.1. The topological polar surface area (TPSA) is 75.2 Å². The SMILES string of the molecule is Cc1cc(N(C)C)nc(CNS(=O)(=O)c2cc(C)c(Cl)cc2Cl)n1. The lowest BCUT2D eigenvalue weighted by atomic mass is 10.2. The van der Waals surface area contributed by atoms with Crippen LogP contribution < -0.4 is 9.62 Å². The Kier molecular flexibility index (Phi) is 5.70. The van der Waals surface area contributed by atoms with Crippen molar-refractivity contribution in [2.45, 2.75) is 25.3 Å². The molecule has 1 N–H and O–H groups in total. The van der Waals surface area contributed by atoms with Crippen molar-refractivity contribution >= 4 is 39.0 Å². The van der Waals surface area contributed by atoms with Crippen LogP contribution in [0.15, 0.2) is 23.1 Å². The van der Waals surface area contributed by atoms with Crippen LogP contribution in [-0.4, -0.2) is 32.5 Å². The summed E-state index contributed by atoms with van der Waals surface area (Å²) in [5.74, 6) is 1.08. The van der Waals surface area contributed by atoms with Crippen LogP contribution in [0.25, 0.3) is 0 Å². The second kappa shape index (κ2) is 7.23. The number of aryl methyl sites for hydroxylation is 2. The number of anilines is 1. The lowest BCUT2D eigenvalue weighted by Crippen LogP contribution is -2.25. The molecule has 1 aromatic heterocycles. The van der Waals surface area contributed by atoms with Crippen molar-refractivity contribution in [2.75, 3.05) is 19.0 Å². The molecule has 0 fully saturated rings. The number of hydrogen-bond donors (Lipinski definition) is 1. The van der Waals surface area contributed by atoms with Gasteiger partial charge < -0.3 is 4.90 Å². The Labute approximate surface area is 151 Å². The molecule has 2 rings (SSSR count). The van der Waals surface area contributed by atoms with Gasteiger partial charge >= 0.3 is 0 Å². The predicted molar refractivity (Wildman–Crippen MR) is 96.3 cm³/mol. The van der Waals surface area contributed by atoms with Crippen LogP contribution in [0.5, 0.6) is 0 Å². The number of nitrogens with zero attached hydrogens (tertiary/aromatic N) is 3. The molecule has 0 amide bonds. The van der Waals surface area contributed by atoms with E-state index in [0.717, 1.165) is 5.69 Å². The summed E-state index contributed by atoms with van der Waals surface area (Å²) in [7, 11) is -0.102. The lowest BCUT2D eigenvalue weighted by molar-refractivity contribution is 0.579. The van der Waals surface area contributed by atoms with Crippen LogP contribution in [0, 0.1) is 13.8 Å². The van der Waals surface area contributed by atoms with Gasteiger partial charge in [-0.05, 0) is 31.5 Å². The van der Waals surface area contributed by atoms with E-state index in [1.165, 1.54) is 12.1 Å². The smallest absolute Gasteiger partial charge is 0.242 e. The molecule has 6 nitrogen and oxygen atoms in total. The van der Waals surface area contributed by atoms with E-state index in [9.17, 15) is 8.42 Å². The van der Waals surface area contributed by atoms with Gasteiger partial charge in [-0.25, -0.2) is 23.1 Å². The molecule has 0 bridgehead atoms. The van der Waals surface area contributed by atoms with Gasteiger partial charge in [0.05, 0.1) is 11.6 Å². The Balaban J connectivity index is 2.27. The molecule has 0 spiro atoms. The fraction of sp³-hybridized carbons (Fsp3) is 0.333. The maximum atomic E-state index is 12.5. The Morgan fingerprint density at radius 3 is 2.38 bits per heavy atom. The number of hydrogen-bond acceptors (Lipinski definition) is 5. The summed E-state index contributed by atoms with van der Waals surface area (Å²) in [6.45, 7) is 3.50. The molecule has 24 heavy (non-hydrogen) atoms. The van der Waals surface area contributed by atoms with E-state index >= 15 is 0 Å². The number of halogens is 2. The molecule has 0 unspecified atom stereocenters. The molecule has 0 radical (unpaired) electrons. The third-order valence-corrected chi connectivity index (χ3v) is 5.54. The second-order valence-corrected chi connectivity index (χ2v) is 8.08. The fourth-order valence-corrected chi connectivity index (χ4v) is 3.80. The quantitative estimate of drug-likeness (QED) is 0.851. The van der Waals surface area contributed by atoms with Crippen molar-refractivity contribution in [1.29, 1.82) is 0 Å². The van der Waals surface area contributed by atoms with Gasteiger partial charge in [0.15, 0.2) is 0 Å². The first-order valence-corrected chi connectivity index (χ1v) is 9.31. The van der Waals surface area contributed by atoms with Crippen molar-refractivity contribution < 1.29 is 8.42 Å². The van der Waals surface area contributed by atoms with Gasteiger partial charge in [0.25, 0.3) is 0 Å². The van der Waals surface area contributed by atoms with Crippen LogP contribution in [0.4, 0.5) is 5.82 Å². The zero-order chi connectivity index (χ0) is 18.1. The molecular formula is C15H18Cl2N4O2S. The first-order chi connectivity index (χ1) is 11.1. The zero-order valence-electron chi connectivity index (χ0n) is 13.8. The summed E-state index contributed by atoms with van der Waals surface area (Å²) in [5, 5.41) is 0.480. The third kappa shape index (κ3) is 4.36. The minimum atomic E-state index is -3.81. The minimum Gasteiger partial charge on any atom is -0.363 e. The number of rotatable bonds is 5. The second-order valence-electron chi connectivity index (χ2n) is 5.53. The van der Waals surface area contributed by atoms with Crippen LogP contribution in [0.3, 0.4) is 0 Å². The summed E-state index contributed by atoms with van der Waals surface area (Å²) < 4.78 is 27.5. The van der Waals surface area contributed by atoms with Crippen molar-refractivity contribution in [3.8, 4) is 0 Å². The van der Waals surface area contributed by atoms with E-state index in [1.54, 1.807) is 6.92 Å². The molecule has 0 saturated carbocycles. The summed E-state index contributed by atoms with van der Waals surface area (Å²) in [6, 6.07) is 4.67. The van der Waals surface area contributed by atoms with E-state index in [0.29, 0.717) is 22.2 Å².